The van der Waals surface area contributed by atoms with Gasteiger partial charge >= 0.3 is 0 Å². The molecule has 5 aromatic rings. The molecule has 0 radical (unpaired) electrons. The number of carbonyl (C=O) groups excluding carboxylic acids is 2. The number of phenols is 2. The number of ether oxygens (including phenoxy) is 1. The number of anilines is 1. The van der Waals surface area contributed by atoms with Crippen LogP contribution in [0.25, 0.3) is 10.8 Å². The van der Waals surface area contributed by atoms with Gasteiger partial charge < -0.3 is 56.3 Å². The molecule has 9 rings (SSSR count). The van der Waals surface area contributed by atoms with Crippen molar-refractivity contribution in [2.45, 2.75) is 128 Å². The summed E-state index contributed by atoms with van der Waals surface area (Å²) < 4.78 is 5.58. The SMILES string of the molecule is CCCC1C(O)Cc2cc(c[nH]2)C(C)CNCC(O)Cc2ccc3ccc(cc3c2O)NC2=CC(=CCN2)CC2CC3C#CC(c4ccccc4CCC(C)CO)c4cc(O)c(OC)cc4CCC(=O)C(O)C(=O)C3CC1C2. The number of Topliss-reactive ketones (excluding diaryl/α,β-unsaturated/α-hetero) is 2. The van der Waals surface area contributed by atoms with Crippen LogP contribution >= 0.6 is 0 Å². The number of ketones is 2. The number of methoxy groups -OCH3 is 1. The number of benzene rings is 4. The molecule has 1 fully saturated rings. The number of hydrogen-bond acceptors (Lipinski definition) is 12. The lowest BCUT2D eigenvalue weighted by molar-refractivity contribution is -0.142. The first-order valence-electron chi connectivity index (χ1n) is 28.4. The van der Waals surface area contributed by atoms with Crippen LogP contribution in [0, 0.1) is 47.3 Å². The third-order valence-corrected chi connectivity index (χ3v) is 17.2. The maximum Gasteiger partial charge on any atom is 0.173 e. The van der Waals surface area contributed by atoms with E-state index < -0.39 is 47.6 Å². The fourth-order valence-corrected chi connectivity index (χ4v) is 12.8. The second kappa shape index (κ2) is 25.6. The number of dihydropyridines is 1. The van der Waals surface area contributed by atoms with Gasteiger partial charge in [0.25, 0.3) is 0 Å². The van der Waals surface area contributed by atoms with Crippen LogP contribution in [0.1, 0.15) is 123 Å². The van der Waals surface area contributed by atoms with E-state index in [2.05, 4.69) is 77.0 Å². The molecular weight excluding hydrogens is 981 g/mol. The summed E-state index contributed by atoms with van der Waals surface area (Å²) in [7, 11) is 1.48. The van der Waals surface area contributed by atoms with Crippen LogP contribution in [-0.2, 0) is 35.3 Å². The van der Waals surface area contributed by atoms with Crippen molar-refractivity contribution in [3.63, 3.8) is 0 Å². The Morgan fingerprint density at radius 3 is 2.50 bits per heavy atom. The van der Waals surface area contributed by atoms with Gasteiger partial charge in [-0.15, -0.1) is 0 Å². The van der Waals surface area contributed by atoms with E-state index in [1.165, 1.54) is 7.11 Å². The molecule has 0 amide bonds. The zero-order valence-electron chi connectivity index (χ0n) is 45.7. The van der Waals surface area contributed by atoms with Crippen LogP contribution in [0.3, 0.4) is 0 Å². The average Bonchev–Trinajstić information content (AvgIpc) is 3.84. The van der Waals surface area contributed by atoms with Gasteiger partial charge in [0.05, 0.1) is 25.2 Å². The van der Waals surface area contributed by atoms with Crippen LogP contribution in [0.5, 0.6) is 17.2 Å². The lowest BCUT2D eigenvalue weighted by Crippen LogP contribution is -2.40. The Balaban J connectivity index is 1.16. The van der Waals surface area contributed by atoms with E-state index in [0.717, 1.165) is 68.8 Å². The average molecular weight is 1060 g/mol. The molecule has 414 valence electrons. The Kier molecular flexibility index (Phi) is 18.5. The number of carbonyl (C=O) groups is 2. The first-order chi connectivity index (χ1) is 37.7. The summed E-state index contributed by atoms with van der Waals surface area (Å²) >= 11 is 0. The highest BCUT2D eigenvalue weighted by Gasteiger charge is 2.43. The van der Waals surface area contributed by atoms with Crippen LogP contribution in [0.4, 0.5) is 5.69 Å². The first-order valence-corrected chi connectivity index (χ1v) is 28.4. The molecule has 2 aliphatic heterocycles. The quantitative estimate of drug-likeness (QED) is 0.0521. The van der Waals surface area contributed by atoms with Gasteiger partial charge in [0.15, 0.2) is 29.2 Å². The number of β-amino-alcohol motifs (C(OH)–C–C–N with tert-alkyl or cyclic N) is 1. The number of aromatic nitrogens is 1. The van der Waals surface area contributed by atoms with E-state index in [9.17, 15) is 35.4 Å². The van der Waals surface area contributed by atoms with Gasteiger partial charge in [0, 0.05) is 80.3 Å². The second-order valence-corrected chi connectivity index (χ2v) is 22.9. The minimum atomic E-state index is -1.86. The number of aliphatic hydroxyl groups excluding tert-OH is 4. The molecule has 0 saturated heterocycles. The van der Waals surface area contributed by atoms with Crippen molar-refractivity contribution in [1.82, 2.24) is 15.6 Å². The Hall–Kier alpha value is -6.40. The lowest BCUT2D eigenvalue weighted by atomic mass is 9.73. The molecule has 0 spiro atoms. The monoisotopic (exact) mass is 1060 g/mol. The number of aryl methyl sites for hydroxylation is 2. The van der Waals surface area contributed by atoms with Gasteiger partial charge in [-0.05, 0) is 162 Å². The summed E-state index contributed by atoms with van der Waals surface area (Å²) in [6, 6.07) is 23.4. The predicted octanol–water partition coefficient (Wildman–Crippen LogP) is 8.88. The molecule has 1 saturated carbocycles. The van der Waals surface area contributed by atoms with Crippen LogP contribution in [0.2, 0.25) is 0 Å². The Morgan fingerprint density at radius 1 is 0.872 bits per heavy atom. The minimum absolute atomic E-state index is 0.0288. The number of nitrogens with one attached hydrogen (secondary N) is 4. The minimum Gasteiger partial charge on any atom is -0.507 e. The summed E-state index contributed by atoms with van der Waals surface area (Å²) in [5.41, 5.74) is 7.92. The van der Waals surface area contributed by atoms with Crippen molar-refractivity contribution in [3.8, 4) is 29.1 Å². The molecule has 78 heavy (non-hydrogen) atoms. The van der Waals surface area contributed by atoms with Crippen molar-refractivity contribution in [3.05, 3.63) is 142 Å². The van der Waals surface area contributed by atoms with Gasteiger partial charge in [-0.25, -0.2) is 0 Å². The van der Waals surface area contributed by atoms with Crippen molar-refractivity contribution in [1.29, 1.82) is 0 Å². The summed E-state index contributed by atoms with van der Waals surface area (Å²) in [5.74, 6) is 5.17. The smallest absolute Gasteiger partial charge is 0.173 e. The van der Waals surface area contributed by atoms with E-state index in [0.29, 0.717) is 75.5 Å². The maximum absolute atomic E-state index is 15.2. The summed E-state index contributed by atoms with van der Waals surface area (Å²) in [6.07, 6.45) is 8.68. The maximum atomic E-state index is 15.2. The van der Waals surface area contributed by atoms with Gasteiger partial charge in [0.2, 0.25) is 0 Å². The lowest BCUT2D eigenvalue weighted by Gasteiger charge is -2.33. The van der Waals surface area contributed by atoms with Crippen molar-refractivity contribution < 1.29 is 45.0 Å². The molecule has 13 nitrogen and oxygen atoms in total. The van der Waals surface area contributed by atoms with E-state index >= 15 is 4.79 Å². The number of H-pyrrole nitrogens is 1. The van der Waals surface area contributed by atoms with Gasteiger partial charge in [-0.3, -0.25) is 9.59 Å². The van der Waals surface area contributed by atoms with Crippen molar-refractivity contribution in [2.75, 3.05) is 38.7 Å². The number of phenolic OH excluding ortho intramolecular Hbond substituents is 2. The highest BCUT2D eigenvalue weighted by atomic mass is 16.5. The van der Waals surface area contributed by atoms with Crippen molar-refractivity contribution in [2.24, 2.45) is 35.5 Å². The number of aliphatic hydroxyl groups is 4. The van der Waals surface area contributed by atoms with E-state index in [-0.39, 0.29) is 72.7 Å². The van der Waals surface area contributed by atoms with Crippen LogP contribution < -0.4 is 20.7 Å². The standard InChI is InChI=1S/C65H80N4O9/c1-5-8-53-47-25-41(23-40-21-22-67-62(26-40)69-49-18-15-43-13-14-46(63(75)57(43)31-49)28-51(71)36-66-34-39(3)48-27-50(68-35-48)32-59(53)73)24-44-16-19-54(52-10-7-6-9-42(52)12-11-38(2)37-70)55-33-60(74)61(78-4)30-45(55)17-20-58(72)65(77)64(76)56(44)29-47/h6-7,9-10,13-15,18,21,26-27,30-31,33,35,38-39,41,44,47,51,53-54,56,59,65-71,73-75,77H,5,8,11-12,17,20,22-25,28-29,32,34,36-37H2,1-4H3. The molecule has 3 heterocycles. The van der Waals surface area contributed by atoms with E-state index in [1.54, 1.807) is 12.1 Å². The topological polar surface area (TPSA) is 217 Å². The zero-order valence-corrected chi connectivity index (χ0v) is 45.7. The molecule has 4 aromatic carbocycles. The summed E-state index contributed by atoms with van der Waals surface area (Å²) in [4.78, 5) is 32.9. The Labute approximate surface area is 459 Å². The van der Waals surface area contributed by atoms with Crippen LogP contribution in [-0.4, -0.2) is 98.9 Å². The molecule has 11 atom stereocenters. The fraction of sp³-hybridized carbons (Fsp3) is 0.477. The van der Waals surface area contributed by atoms with Gasteiger partial charge in [-0.1, -0.05) is 87.6 Å². The molecule has 10 N–H and O–H groups in total. The number of aromatic hydroxyl groups is 2. The number of allylic oxidation sites excluding steroid dienone is 2. The highest BCUT2D eigenvalue weighted by molar-refractivity contribution is 6.06. The number of hydrogen-bond donors (Lipinski definition) is 10. The molecule has 1 aromatic heterocycles. The third kappa shape index (κ3) is 13.2. The van der Waals surface area contributed by atoms with Gasteiger partial charge in [-0.2, -0.15) is 0 Å². The first kappa shape index (κ1) is 56.3. The zero-order chi connectivity index (χ0) is 55.0. The van der Waals surface area contributed by atoms with E-state index in [1.807, 2.05) is 55.6 Å². The normalized spacial score (nSPS) is 26.8. The van der Waals surface area contributed by atoms with Crippen LogP contribution in [0.15, 0.2) is 103 Å². The highest BCUT2D eigenvalue weighted by Crippen LogP contribution is 2.46. The molecule has 2 aliphatic carbocycles. The molecular formula is C65H80N4O9. The van der Waals surface area contributed by atoms with E-state index in [4.69, 9.17) is 4.74 Å². The van der Waals surface area contributed by atoms with Crippen molar-refractivity contribution >= 4 is 28.0 Å². The molecule has 4 aliphatic rings. The van der Waals surface area contributed by atoms with Gasteiger partial charge in [0.1, 0.15) is 11.6 Å². The second-order valence-electron chi connectivity index (χ2n) is 22.9. The fourth-order valence-electron chi connectivity index (χ4n) is 12.8. The molecule has 9 bridgehead atoms. The number of rotatable bonds is 8. The number of fused-ring (bicyclic) bond motifs is 9. The Bertz CT molecular complexity index is 3060. The largest absolute Gasteiger partial charge is 0.507 e. The number of aromatic amines is 1. The molecule has 11 unspecified atom stereocenters. The predicted molar refractivity (Wildman–Crippen MR) is 305 cm³/mol. The molecule has 13 heteroatoms. The summed E-state index contributed by atoms with van der Waals surface area (Å²) in [5, 5.41) is 80.6. The third-order valence-electron chi connectivity index (χ3n) is 17.2. The Morgan fingerprint density at radius 2 is 1.69 bits per heavy atom. The summed E-state index contributed by atoms with van der Waals surface area (Å²) in [6.45, 7) is 7.82.